The highest BCUT2D eigenvalue weighted by atomic mass is 35.5. The molecule has 5 aromatic rings. The Bertz CT molecular complexity index is 1350. The van der Waals surface area contributed by atoms with E-state index in [0.29, 0.717) is 16.6 Å². The van der Waals surface area contributed by atoms with E-state index in [2.05, 4.69) is 44.5 Å². The van der Waals surface area contributed by atoms with E-state index in [9.17, 15) is 0 Å². The minimum Gasteiger partial charge on any atom is -0.342 e. The Morgan fingerprint density at radius 1 is 1.00 bits per heavy atom. The molecule has 5 rings (SSSR count). The maximum absolute atomic E-state index is 6.18. The summed E-state index contributed by atoms with van der Waals surface area (Å²) in [5.74, 6) is 0. The van der Waals surface area contributed by atoms with Crippen LogP contribution in [0.5, 0.6) is 0 Å². The van der Waals surface area contributed by atoms with Crippen molar-refractivity contribution in [3.05, 3.63) is 94.1 Å². The topological polar surface area (TPSA) is 42.2 Å². The van der Waals surface area contributed by atoms with E-state index in [1.807, 2.05) is 54.7 Å². The number of aromatic nitrogens is 2. The lowest BCUT2D eigenvalue weighted by Crippen LogP contribution is -1.98. The summed E-state index contributed by atoms with van der Waals surface area (Å²) < 4.78 is 3.32. The van der Waals surface area contributed by atoms with Crippen molar-refractivity contribution in [2.75, 3.05) is 5.43 Å². The van der Waals surface area contributed by atoms with E-state index < -0.39 is 0 Å². The molecule has 0 aliphatic carbocycles. The SMILES string of the molecule is Clc1ccc(Cn2cc(/C=N\Nc3nc4ccccc4s3)c3ccccc32)cc1Cl. The molecule has 2 aromatic heterocycles. The molecule has 0 fully saturated rings. The van der Waals surface area contributed by atoms with Gasteiger partial charge in [-0.05, 0) is 35.9 Å². The van der Waals surface area contributed by atoms with E-state index in [1.54, 1.807) is 11.3 Å². The molecular weight excluding hydrogens is 435 g/mol. The van der Waals surface area contributed by atoms with Crippen LogP contribution in [0, 0.1) is 0 Å². The van der Waals surface area contributed by atoms with Crippen molar-refractivity contribution in [1.82, 2.24) is 9.55 Å². The highest BCUT2D eigenvalue weighted by Crippen LogP contribution is 2.27. The second kappa shape index (κ2) is 8.11. The van der Waals surface area contributed by atoms with Gasteiger partial charge in [-0.15, -0.1) is 0 Å². The Kier molecular flexibility index (Phi) is 5.17. The second-order valence-electron chi connectivity index (χ2n) is 6.83. The third-order valence-electron chi connectivity index (χ3n) is 4.81. The molecule has 0 atom stereocenters. The van der Waals surface area contributed by atoms with Crippen LogP contribution in [-0.2, 0) is 6.54 Å². The minimum absolute atomic E-state index is 0.562. The number of hydrogen-bond acceptors (Lipinski definition) is 4. The van der Waals surface area contributed by atoms with E-state index in [0.717, 1.165) is 37.4 Å². The molecule has 0 spiro atoms. The van der Waals surface area contributed by atoms with Gasteiger partial charge in [0, 0.05) is 29.2 Å². The van der Waals surface area contributed by atoms with E-state index in [4.69, 9.17) is 23.2 Å². The molecule has 30 heavy (non-hydrogen) atoms. The third-order valence-corrected chi connectivity index (χ3v) is 6.49. The Labute approximate surface area is 187 Å². The number of anilines is 1. The Balaban J connectivity index is 1.42. The van der Waals surface area contributed by atoms with Gasteiger partial charge in [0.25, 0.3) is 0 Å². The van der Waals surface area contributed by atoms with Crippen molar-refractivity contribution in [3.63, 3.8) is 0 Å². The number of para-hydroxylation sites is 2. The van der Waals surface area contributed by atoms with Crippen molar-refractivity contribution >= 4 is 67.0 Å². The predicted octanol–water partition coefficient (Wildman–Crippen LogP) is 7.05. The lowest BCUT2D eigenvalue weighted by Gasteiger charge is -2.06. The molecule has 0 unspecified atom stereocenters. The summed E-state index contributed by atoms with van der Waals surface area (Å²) in [6.45, 7) is 0.691. The van der Waals surface area contributed by atoms with Crippen LogP contribution in [-0.4, -0.2) is 15.8 Å². The van der Waals surface area contributed by atoms with Crippen LogP contribution in [0.2, 0.25) is 10.0 Å². The molecule has 2 heterocycles. The second-order valence-corrected chi connectivity index (χ2v) is 8.68. The fourth-order valence-electron chi connectivity index (χ4n) is 3.42. The van der Waals surface area contributed by atoms with Gasteiger partial charge >= 0.3 is 0 Å². The molecule has 0 aliphatic heterocycles. The monoisotopic (exact) mass is 450 g/mol. The van der Waals surface area contributed by atoms with Gasteiger partial charge in [0.05, 0.1) is 26.5 Å². The highest BCUT2D eigenvalue weighted by molar-refractivity contribution is 7.22. The zero-order chi connectivity index (χ0) is 20.5. The van der Waals surface area contributed by atoms with Gasteiger partial charge in [0.15, 0.2) is 0 Å². The van der Waals surface area contributed by atoms with Crippen LogP contribution in [0.15, 0.2) is 78.0 Å². The quantitative estimate of drug-likeness (QED) is 0.230. The van der Waals surface area contributed by atoms with E-state index in [1.165, 1.54) is 0 Å². The summed E-state index contributed by atoms with van der Waals surface area (Å²) in [5.41, 5.74) is 7.27. The first kappa shape index (κ1) is 19.1. The Morgan fingerprint density at radius 2 is 1.83 bits per heavy atom. The van der Waals surface area contributed by atoms with Gasteiger partial charge in [-0.3, -0.25) is 5.43 Å². The maximum atomic E-state index is 6.18. The first-order valence-corrected chi connectivity index (χ1v) is 10.9. The third kappa shape index (κ3) is 3.79. The van der Waals surface area contributed by atoms with E-state index in [-0.39, 0.29) is 0 Å². The molecule has 4 nitrogen and oxygen atoms in total. The zero-order valence-electron chi connectivity index (χ0n) is 15.7. The number of nitrogens with zero attached hydrogens (tertiary/aromatic N) is 3. The zero-order valence-corrected chi connectivity index (χ0v) is 18.0. The Hall–Kier alpha value is -2.86. The molecule has 3 aromatic carbocycles. The fourth-order valence-corrected chi connectivity index (χ4v) is 4.56. The van der Waals surface area contributed by atoms with Crippen LogP contribution in [0.1, 0.15) is 11.1 Å². The van der Waals surface area contributed by atoms with E-state index >= 15 is 0 Å². The molecule has 1 N–H and O–H groups in total. The molecule has 0 radical (unpaired) electrons. The molecule has 148 valence electrons. The normalized spacial score (nSPS) is 11.7. The Morgan fingerprint density at radius 3 is 2.70 bits per heavy atom. The van der Waals surface area contributed by atoms with Crippen LogP contribution < -0.4 is 5.43 Å². The summed E-state index contributed by atoms with van der Waals surface area (Å²) in [6, 6.07) is 22.0. The average molecular weight is 451 g/mol. The number of nitrogens with one attached hydrogen (secondary N) is 1. The predicted molar refractivity (Wildman–Crippen MR) is 128 cm³/mol. The number of hydrazone groups is 1. The van der Waals surface area contributed by atoms with Gasteiger partial charge in [-0.25, -0.2) is 4.98 Å². The number of halogens is 2. The van der Waals surface area contributed by atoms with Crippen molar-refractivity contribution in [2.45, 2.75) is 6.54 Å². The van der Waals surface area contributed by atoms with Crippen molar-refractivity contribution in [3.8, 4) is 0 Å². The van der Waals surface area contributed by atoms with Gasteiger partial charge in [0.2, 0.25) is 5.13 Å². The standard InChI is InChI=1S/C23H16Cl2N4S/c24-18-10-9-15(11-19(18)25)13-29-14-16(17-5-1-3-7-21(17)29)12-26-28-23-27-20-6-2-4-8-22(20)30-23/h1-12,14H,13H2,(H,27,28)/b26-12-. The summed E-state index contributed by atoms with van der Waals surface area (Å²) >= 11 is 13.8. The summed E-state index contributed by atoms with van der Waals surface area (Å²) in [4.78, 5) is 4.55. The average Bonchev–Trinajstić information content (AvgIpc) is 3.32. The largest absolute Gasteiger partial charge is 0.342 e. The van der Waals surface area contributed by atoms with Crippen LogP contribution >= 0.6 is 34.5 Å². The molecular formula is C23H16Cl2N4S. The molecule has 0 saturated heterocycles. The summed E-state index contributed by atoms with van der Waals surface area (Å²) in [5, 5.41) is 7.45. The number of hydrogen-bond donors (Lipinski definition) is 1. The lowest BCUT2D eigenvalue weighted by molar-refractivity contribution is 0.836. The number of rotatable bonds is 5. The first-order valence-electron chi connectivity index (χ1n) is 9.34. The fraction of sp³-hybridized carbons (Fsp3) is 0.0435. The van der Waals surface area contributed by atoms with Crippen LogP contribution in [0.3, 0.4) is 0 Å². The molecule has 7 heteroatoms. The maximum Gasteiger partial charge on any atom is 0.204 e. The van der Waals surface area contributed by atoms with Crippen molar-refractivity contribution in [1.29, 1.82) is 0 Å². The number of fused-ring (bicyclic) bond motifs is 2. The van der Waals surface area contributed by atoms with Gasteiger partial charge < -0.3 is 4.57 Å². The van der Waals surface area contributed by atoms with Crippen molar-refractivity contribution in [2.24, 2.45) is 5.10 Å². The molecule has 0 bridgehead atoms. The summed E-state index contributed by atoms with van der Waals surface area (Å²) in [6.07, 6.45) is 3.93. The minimum atomic E-state index is 0.562. The molecule has 0 aliphatic rings. The van der Waals surface area contributed by atoms with Crippen LogP contribution in [0.4, 0.5) is 5.13 Å². The van der Waals surface area contributed by atoms with Gasteiger partial charge in [0.1, 0.15) is 0 Å². The highest BCUT2D eigenvalue weighted by Gasteiger charge is 2.08. The number of benzene rings is 3. The van der Waals surface area contributed by atoms with Crippen molar-refractivity contribution < 1.29 is 0 Å². The summed E-state index contributed by atoms with van der Waals surface area (Å²) in [7, 11) is 0. The van der Waals surface area contributed by atoms with Gasteiger partial charge in [-0.1, -0.05) is 70.9 Å². The van der Waals surface area contributed by atoms with Crippen LogP contribution in [0.25, 0.3) is 21.1 Å². The smallest absolute Gasteiger partial charge is 0.204 e. The lowest BCUT2D eigenvalue weighted by atomic mass is 10.2. The molecule has 0 amide bonds. The van der Waals surface area contributed by atoms with Gasteiger partial charge in [-0.2, -0.15) is 5.10 Å². The molecule has 0 saturated carbocycles. The number of thiazole rings is 1. The first-order chi connectivity index (χ1) is 14.7.